The van der Waals surface area contributed by atoms with Crippen LogP contribution in [-0.2, 0) is 6.61 Å². The Bertz CT molecular complexity index is 1020. The van der Waals surface area contributed by atoms with Crippen LogP contribution in [0.2, 0.25) is 0 Å². The normalized spacial score (nSPS) is 21.2. The third kappa shape index (κ3) is 5.68. The maximum Gasteiger partial charge on any atom is 0.229 e. The Kier molecular flexibility index (Phi) is 7.22. The zero-order valence-corrected chi connectivity index (χ0v) is 21.9. The number of piperidine rings is 1. The number of hydrogen-bond donors (Lipinski definition) is 3. The minimum atomic E-state index is -0.466. The summed E-state index contributed by atoms with van der Waals surface area (Å²) in [5.41, 5.74) is 2.61. The number of aliphatic hydroxyl groups is 1. The highest BCUT2D eigenvalue weighted by molar-refractivity contribution is 5.64. The van der Waals surface area contributed by atoms with Gasteiger partial charge in [0.25, 0.3) is 0 Å². The van der Waals surface area contributed by atoms with Gasteiger partial charge in [-0.3, -0.25) is 4.90 Å². The average Bonchev–Trinajstić information content (AvgIpc) is 2.80. The van der Waals surface area contributed by atoms with Crippen molar-refractivity contribution in [2.75, 3.05) is 55.8 Å². The molecule has 0 spiro atoms. The first-order valence-electron chi connectivity index (χ1n) is 12.5. The molecule has 192 valence electrons. The average molecular weight is 486 g/mol. The Balaban J connectivity index is 1.49. The third-order valence-corrected chi connectivity index (χ3v) is 7.74. The second-order valence-corrected chi connectivity index (χ2v) is 11.2. The lowest BCUT2D eigenvalue weighted by molar-refractivity contribution is -0.00778. The quantitative estimate of drug-likeness (QED) is 0.572. The minimum Gasteiger partial charge on any atom is -0.392 e. The molecule has 2 aromatic rings. The number of anilines is 4. The number of halogens is 1. The zero-order chi connectivity index (χ0) is 25.4. The second kappa shape index (κ2) is 9.87. The number of likely N-dealkylation sites (N-methyl/N-ethyl adjacent to an activating group) is 1. The Morgan fingerprint density at radius 1 is 1.06 bits per heavy atom. The van der Waals surface area contributed by atoms with Gasteiger partial charge in [-0.25, -0.2) is 9.37 Å². The van der Waals surface area contributed by atoms with Crippen LogP contribution in [-0.4, -0.2) is 82.3 Å². The lowest BCUT2D eigenvalue weighted by Crippen LogP contribution is -2.61. The standard InChI is InChI=1S/C26H40FN7O/c1-25(2)14-20(15-26(3,4)33(25)6)29-23-21(27)16-28-24(31-23)30-19-7-8-22(18(13-19)17-35)34-11-9-32(5)10-12-34/h7-8,13,16,20,35H,9-12,14-15,17H2,1-6H3,(H2,28,29,30,31). The molecule has 3 N–H and O–H groups in total. The number of piperazine rings is 1. The first-order valence-corrected chi connectivity index (χ1v) is 12.5. The Morgan fingerprint density at radius 3 is 2.34 bits per heavy atom. The van der Waals surface area contributed by atoms with E-state index in [-0.39, 0.29) is 29.5 Å². The van der Waals surface area contributed by atoms with Crippen molar-refractivity contribution in [2.24, 2.45) is 0 Å². The minimum absolute atomic E-state index is 0.0176. The van der Waals surface area contributed by atoms with E-state index in [1.54, 1.807) is 0 Å². The van der Waals surface area contributed by atoms with E-state index < -0.39 is 5.82 Å². The fraction of sp³-hybridized carbons (Fsp3) is 0.615. The molecule has 2 fully saturated rings. The predicted octanol–water partition coefficient (Wildman–Crippen LogP) is 3.67. The van der Waals surface area contributed by atoms with Gasteiger partial charge in [0.05, 0.1) is 12.8 Å². The molecule has 2 aliphatic rings. The molecule has 3 heterocycles. The van der Waals surface area contributed by atoms with Crippen molar-refractivity contribution in [2.45, 2.75) is 64.3 Å². The largest absolute Gasteiger partial charge is 0.392 e. The van der Waals surface area contributed by atoms with Crippen LogP contribution in [0.1, 0.15) is 46.1 Å². The first-order chi connectivity index (χ1) is 16.5. The maximum absolute atomic E-state index is 14.7. The monoisotopic (exact) mass is 485 g/mol. The van der Waals surface area contributed by atoms with Gasteiger partial charge in [0.2, 0.25) is 5.95 Å². The summed E-state index contributed by atoms with van der Waals surface area (Å²) in [6.45, 7) is 12.7. The molecule has 0 saturated carbocycles. The third-order valence-electron chi connectivity index (χ3n) is 7.74. The van der Waals surface area contributed by atoms with Crippen LogP contribution in [0.3, 0.4) is 0 Å². The molecule has 1 aromatic carbocycles. The van der Waals surface area contributed by atoms with Crippen molar-refractivity contribution >= 4 is 23.1 Å². The van der Waals surface area contributed by atoms with Crippen LogP contribution in [0.4, 0.5) is 27.5 Å². The van der Waals surface area contributed by atoms with Crippen molar-refractivity contribution in [3.8, 4) is 0 Å². The van der Waals surface area contributed by atoms with Gasteiger partial charge in [-0.1, -0.05) is 0 Å². The van der Waals surface area contributed by atoms with E-state index >= 15 is 0 Å². The number of aliphatic hydroxyl groups excluding tert-OH is 1. The number of rotatable bonds is 6. The number of nitrogens with one attached hydrogen (secondary N) is 2. The van der Waals surface area contributed by atoms with Crippen LogP contribution in [0.25, 0.3) is 0 Å². The Labute approximate surface area is 208 Å². The van der Waals surface area contributed by atoms with Gasteiger partial charge < -0.3 is 25.5 Å². The first kappa shape index (κ1) is 25.6. The van der Waals surface area contributed by atoms with E-state index in [9.17, 15) is 9.50 Å². The van der Waals surface area contributed by atoms with Crippen LogP contribution < -0.4 is 15.5 Å². The van der Waals surface area contributed by atoms with E-state index in [2.05, 4.69) is 77.1 Å². The highest BCUT2D eigenvalue weighted by Crippen LogP contribution is 2.38. The van der Waals surface area contributed by atoms with Gasteiger partial charge in [-0.05, 0) is 72.8 Å². The predicted molar refractivity (Wildman–Crippen MR) is 140 cm³/mol. The molecular weight excluding hydrogens is 445 g/mol. The summed E-state index contributed by atoms with van der Waals surface area (Å²) in [6, 6.07) is 5.98. The molecule has 0 bridgehead atoms. The number of nitrogens with zero attached hydrogens (tertiary/aromatic N) is 5. The molecule has 35 heavy (non-hydrogen) atoms. The molecule has 1 aromatic heterocycles. The summed E-state index contributed by atoms with van der Waals surface area (Å²) in [7, 11) is 4.27. The molecule has 4 rings (SSSR count). The molecule has 8 nitrogen and oxygen atoms in total. The maximum atomic E-state index is 14.7. The fourth-order valence-corrected chi connectivity index (χ4v) is 5.47. The van der Waals surface area contributed by atoms with E-state index in [1.807, 2.05) is 18.2 Å². The fourth-order valence-electron chi connectivity index (χ4n) is 5.47. The van der Waals surface area contributed by atoms with E-state index in [4.69, 9.17) is 0 Å². The highest BCUT2D eigenvalue weighted by Gasteiger charge is 2.43. The summed E-state index contributed by atoms with van der Waals surface area (Å²) >= 11 is 0. The SMILES string of the molecule is CN1CCN(c2ccc(Nc3ncc(F)c(NC4CC(C)(C)N(C)C(C)(C)C4)n3)cc2CO)CC1. The molecule has 0 atom stereocenters. The van der Waals surface area contributed by atoms with Gasteiger partial charge >= 0.3 is 0 Å². The van der Waals surface area contributed by atoms with Crippen molar-refractivity contribution in [3.05, 3.63) is 35.8 Å². The van der Waals surface area contributed by atoms with Gasteiger partial charge in [0, 0.05) is 60.2 Å². The Morgan fingerprint density at radius 2 is 1.71 bits per heavy atom. The molecular formula is C26H40FN7O. The summed E-state index contributed by atoms with van der Waals surface area (Å²) < 4.78 is 14.7. The van der Waals surface area contributed by atoms with Gasteiger partial charge in [-0.2, -0.15) is 4.98 Å². The molecule has 2 saturated heterocycles. The lowest BCUT2D eigenvalue weighted by Gasteiger charge is -2.53. The van der Waals surface area contributed by atoms with Crippen LogP contribution in [0, 0.1) is 5.82 Å². The number of aromatic nitrogens is 2. The van der Waals surface area contributed by atoms with Gasteiger partial charge in [0.15, 0.2) is 11.6 Å². The molecule has 2 aliphatic heterocycles. The number of likely N-dealkylation sites (tertiary alicyclic amines) is 1. The van der Waals surface area contributed by atoms with E-state index in [0.717, 1.165) is 56.0 Å². The van der Waals surface area contributed by atoms with Crippen molar-refractivity contribution in [3.63, 3.8) is 0 Å². The van der Waals surface area contributed by atoms with Gasteiger partial charge in [0.1, 0.15) is 0 Å². The second-order valence-electron chi connectivity index (χ2n) is 11.2. The van der Waals surface area contributed by atoms with Crippen LogP contribution in [0.15, 0.2) is 24.4 Å². The molecule has 0 aliphatic carbocycles. The summed E-state index contributed by atoms with van der Waals surface area (Å²) in [6.07, 6.45) is 2.97. The number of benzene rings is 1. The molecule has 0 radical (unpaired) electrons. The molecule has 0 unspecified atom stereocenters. The summed E-state index contributed by atoms with van der Waals surface area (Å²) in [5, 5.41) is 16.5. The topological polar surface area (TPSA) is 79.8 Å². The van der Waals surface area contributed by atoms with Crippen molar-refractivity contribution in [1.82, 2.24) is 19.8 Å². The van der Waals surface area contributed by atoms with E-state index in [1.165, 1.54) is 6.20 Å². The lowest BCUT2D eigenvalue weighted by atomic mass is 9.77. The van der Waals surface area contributed by atoms with E-state index in [0.29, 0.717) is 5.95 Å². The van der Waals surface area contributed by atoms with Crippen LogP contribution in [0.5, 0.6) is 0 Å². The molecule has 9 heteroatoms. The Hall–Kier alpha value is -2.49. The smallest absolute Gasteiger partial charge is 0.229 e. The summed E-state index contributed by atoms with van der Waals surface area (Å²) in [5.74, 6) is 0.0585. The zero-order valence-electron chi connectivity index (χ0n) is 21.9. The van der Waals surface area contributed by atoms with Gasteiger partial charge in [-0.15, -0.1) is 0 Å². The van der Waals surface area contributed by atoms with Crippen LogP contribution >= 0.6 is 0 Å². The van der Waals surface area contributed by atoms with Crippen molar-refractivity contribution in [1.29, 1.82) is 0 Å². The highest BCUT2D eigenvalue weighted by atomic mass is 19.1. The number of hydrogen-bond acceptors (Lipinski definition) is 8. The molecule has 0 amide bonds. The van der Waals surface area contributed by atoms with Crippen molar-refractivity contribution < 1.29 is 9.50 Å². The summed E-state index contributed by atoms with van der Waals surface area (Å²) in [4.78, 5) is 15.6.